The quantitative estimate of drug-likeness (QED) is 0.622. The molecule has 0 aliphatic heterocycles. The number of carbonyl (C=O) groups excluding carboxylic acids is 1. The fourth-order valence-electron chi connectivity index (χ4n) is 1.01. The van der Waals surface area contributed by atoms with Crippen LogP contribution < -0.4 is 0 Å². The molecule has 0 saturated carbocycles. The highest BCUT2D eigenvalue weighted by Gasteiger charge is 1.91. The van der Waals surface area contributed by atoms with Crippen LogP contribution >= 0.6 is 0 Å². The maximum Gasteiger partial charge on any atom is 0.198 e. The average molecular weight is 177 g/mol. The van der Waals surface area contributed by atoms with Gasteiger partial charge in [-0.05, 0) is 12.0 Å². The van der Waals surface area contributed by atoms with Gasteiger partial charge in [-0.3, -0.25) is 4.79 Å². The number of benzene rings is 1. The van der Waals surface area contributed by atoms with Crippen molar-refractivity contribution in [2.45, 2.75) is 19.4 Å². The minimum Gasteiger partial charge on any atom is -0.377 e. The third-order valence-corrected chi connectivity index (χ3v) is 1.68. The summed E-state index contributed by atoms with van der Waals surface area (Å²) < 4.78 is 5.34. The van der Waals surface area contributed by atoms with E-state index < -0.39 is 0 Å². The SMILES string of the molecule is O=[C]CCCOCc1ccccc1. The van der Waals surface area contributed by atoms with E-state index >= 15 is 0 Å². The van der Waals surface area contributed by atoms with Crippen molar-refractivity contribution in [1.29, 1.82) is 0 Å². The first-order chi connectivity index (χ1) is 6.43. The van der Waals surface area contributed by atoms with Crippen molar-refractivity contribution in [3.63, 3.8) is 0 Å². The first-order valence-electron chi connectivity index (χ1n) is 4.40. The zero-order chi connectivity index (χ0) is 9.36. The molecule has 1 radical (unpaired) electrons. The summed E-state index contributed by atoms with van der Waals surface area (Å²) in [6, 6.07) is 9.98. The Morgan fingerprint density at radius 3 is 2.69 bits per heavy atom. The minimum absolute atomic E-state index is 0.467. The van der Waals surface area contributed by atoms with E-state index in [1.807, 2.05) is 36.6 Å². The van der Waals surface area contributed by atoms with Gasteiger partial charge >= 0.3 is 0 Å². The summed E-state index contributed by atoms with van der Waals surface area (Å²) in [6.45, 7) is 1.25. The van der Waals surface area contributed by atoms with Gasteiger partial charge in [0.2, 0.25) is 0 Å². The first-order valence-corrected chi connectivity index (χ1v) is 4.40. The lowest BCUT2D eigenvalue weighted by molar-refractivity contribution is 0.119. The lowest BCUT2D eigenvalue weighted by Crippen LogP contribution is -1.95. The summed E-state index contributed by atoms with van der Waals surface area (Å²) in [6.07, 6.45) is 3.06. The Morgan fingerprint density at radius 1 is 1.23 bits per heavy atom. The molecule has 2 heteroatoms. The molecular weight excluding hydrogens is 164 g/mol. The summed E-state index contributed by atoms with van der Waals surface area (Å²) in [5, 5.41) is 0. The molecule has 69 valence electrons. The van der Waals surface area contributed by atoms with Crippen LogP contribution in [0.15, 0.2) is 30.3 Å². The summed E-state index contributed by atoms with van der Waals surface area (Å²) in [5.74, 6) is 0. The number of hydrogen-bond donors (Lipinski definition) is 0. The van der Waals surface area contributed by atoms with Crippen molar-refractivity contribution in [3.8, 4) is 0 Å². The molecule has 0 atom stereocenters. The van der Waals surface area contributed by atoms with E-state index in [1.165, 1.54) is 0 Å². The largest absolute Gasteiger partial charge is 0.377 e. The van der Waals surface area contributed by atoms with E-state index in [0.717, 1.165) is 12.0 Å². The molecule has 0 heterocycles. The van der Waals surface area contributed by atoms with Crippen molar-refractivity contribution in [1.82, 2.24) is 0 Å². The van der Waals surface area contributed by atoms with Crippen LogP contribution in [-0.4, -0.2) is 12.9 Å². The Balaban J connectivity index is 2.10. The molecule has 0 aliphatic rings. The highest BCUT2D eigenvalue weighted by atomic mass is 16.5. The predicted molar refractivity (Wildman–Crippen MR) is 51.0 cm³/mol. The zero-order valence-electron chi connectivity index (χ0n) is 7.53. The van der Waals surface area contributed by atoms with Crippen molar-refractivity contribution in [3.05, 3.63) is 35.9 Å². The van der Waals surface area contributed by atoms with Crippen molar-refractivity contribution >= 4 is 6.29 Å². The number of hydrogen-bond acceptors (Lipinski definition) is 2. The molecule has 1 aromatic rings. The summed E-state index contributed by atoms with van der Waals surface area (Å²) in [4.78, 5) is 9.86. The van der Waals surface area contributed by atoms with Gasteiger partial charge in [0.15, 0.2) is 6.29 Å². The molecule has 1 rings (SSSR count). The molecule has 13 heavy (non-hydrogen) atoms. The monoisotopic (exact) mass is 177 g/mol. The van der Waals surface area contributed by atoms with Crippen molar-refractivity contribution in [2.75, 3.05) is 6.61 Å². The fraction of sp³-hybridized carbons (Fsp3) is 0.364. The molecule has 0 saturated heterocycles. The van der Waals surface area contributed by atoms with Gasteiger partial charge in [-0.25, -0.2) is 0 Å². The molecular formula is C11H13O2. The van der Waals surface area contributed by atoms with Gasteiger partial charge in [-0.15, -0.1) is 0 Å². The Bertz CT molecular complexity index is 231. The van der Waals surface area contributed by atoms with E-state index in [1.54, 1.807) is 0 Å². The standard InChI is InChI=1S/C11H13O2/c12-8-4-5-9-13-10-11-6-2-1-3-7-11/h1-3,6-7H,4-5,9-10H2. The maximum absolute atomic E-state index is 9.86. The topological polar surface area (TPSA) is 26.3 Å². The van der Waals surface area contributed by atoms with E-state index in [4.69, 9.17) is 4.74 Å². The normalized spacial score (nSPS) is 9.85. The smallest absolute Gasteiger partial charge is 0.198 e. The number of rotatable bonds is 6. The Kier molecular flexibility index (Phi) is 4.87. The highest BCUT2D eigenvalue weighted by molar-refractivity contribution is 5.50. The van der Waals surface area contributed by atoms with Gasteiger partial charge in [-0.1, -0.05) is 30.3 Å². The van der Waals surface area contributed by atoms with Crippen molar-refractivity contribution in [2.24, 2.45) is 0 Å². The lowest BCUT2D eigenvalue weighted by atomic mass is 10.2. The van der Waals surface area contributed by atoms with Crippen molar-refractivity contribution < 1.29 is 9.53 Å². The van der Waals surface area contributed by atoms with Crippen LogP contribution in [0, 0.1) is 0 Å². The molecule has 0 aromatic heterocycles. The summed E-state index contributed by atoms with van der Waals surface area (Å²) >= 11 is 0. The molecule has 0 aliphatic carbocycles. The van der Waals surface area contributed by atoms with Crippen LogP contribution in [0.1, 0.15) is 18.4 Å². The number of unbranched alkanes of at least 4 members (excludes halogenated alkanes) is 1. The molecule has 0 bridgehead atoms. The van der Waals surface area contributed by atoms with Gasteiger partial charge < -0.3 is 4.74 Å². The minimum atomic E-state index is 0.467. The van der Waals surface area contributed by atoms with Gasteiger partial charge in [0.05, 0.1) is 6.61 Å². The van der Waals surface area contributed by atoms with Gasteiger partial charge in [0.25, 0.3) is 0 Å². The van der Waals surface area contributed by atoms with Crippen LogP contribution in [-0.2, 0) is 16.1 Å². The summed E-state index contributed by atoms with van der Waals surface area (Å²) in [5.41, 5.74) is 1.16. The van der Waals surface area contributed by atoms with Crippen LogP contribution in [0.2, 0.25) is 0 Å². The van der Waals surface area contributed by atoms with Gasteiger partial charge in [-0.2, -0.15) is 0 Å². The highest BCUT2D eigenvalue weighted by Crippen LogP contribution is 2.00. The Hall–Kier alpha value is -1.15. The second kappa shape index (κ2) is 6.38. The first kappa shape index (κ1) is 9.93. The molecule has 0 N–H and O–H groups in total. The predicted octanol–water partition coefficient (Wildman–Crippen LogP) is 2.09. The lowest BCUT2D eigenvalue weighted by Gasteiger charge is -2.01. The third-order valence-electron chi connectivity index (χ3n) is 1.68. The van der Waals surface area contributed by atoms with Crippen LogP contribution in [0.4, 0.5) is 0 Å². The molecule has 0 fully saturated rings. The van der Waals surface area contributed by atoms with E-state index in [-0.39, 0.29) is 0 Å². The number of ether oxygens (including phenoxy) is 1. The average Bonchev–Trinajstić information content (AvgIpc) is 2.19. The van der Waals surface area contributed by atoms with Crippen LogP contribution in [0.3, 0.4) is 0 Å². The molecule has 0 unspecified atom stereocenters. The maximum atomic E-state index is 9.86. The second-order valence-electron chi connectivity index (χ2n) is 2.79. The fourth-order valence-corrected chi connectivity index (χ4v) is 1.01. The zero-order valence-corrected chi connectivity index (χ0v) is 7.53. The molecule has 0 spiro atoms. The van der Waals surface area contributed by atoms with Gasteiger partial charge in [0, 0.05) is 13.0 Å². The second-order valence-corrected chi connectivity index (χ2v) is 2.79. The molecule has 0 amide bonds. The molecule has 1 aromatic carbocycles. The van der Waals surface area contributed by atoms with Gasteiger partial charge in [0.1, 0.15) is 0 Å². The Morgan fingerprint density at radius 2 is 2.00 bits per heavy atom. The van der Waals surface area contributed by atoms with Crippen LogP contribution in [0.5, 0.6) is 0 Å². The molecule has 2 nitrogen and oxygen atoms in total. The van der Waals surface area contributed by atoms with Crippen LogP contribution in [0.25, 0.3) is 0 Å². The van der Waals surface area contributed by atoms with E-state index in [0.29, 0.717) is 19.6 Å². The van der Waals surface area contributed by atoms with E-state index in [9.17, 15) is 4.79 Å². The Labute approximate surface area is 78.5 Å². The van der Waals surface area contributed by atoms with E-state index in [2.05, 4.69) is 0 Å². The summed E-state index contributed by atoms with van der Waals surface area (Å²) in [7, 11) is 0. The third kappa shape index (κ3) is 4.43.